The van der Waals surface area contributed by atoms with Gasteiger partial charge >= 0.3 is 6.18 Å². The predicted molar refractivity (Wildman–Crippen MR) is 80.5 cm³/mol. The van der Waals surface area contributed by atoms with Gasteiger partial charge in [0.25, 0.3) is 0 Å². The van der Waals surface area contributed by atoms with Crippen LogP contribution in [0.25, 0.3) is 0 Å². The van der Waals surface area contributed by atoms with Crippen LogP contribution in [-0.2, 0) is 17.5 Å². The van der Waals surface area contributed by atoms with Gasteiger partial charge in [-0.05, 0) is 24.5 Å². The fraction of sp³-hybridized carbons (Fsp3) is 0.533. The number of carbonyl (C=O) groups excluding carboxylic acids is 1. The molecule has 1 aliphatic carbocycles. The van der Waals surface area contributed by atoms with E-state index in [1.54, 1.807) is 0 Å². The van der Waals surface area contributed by atoms with E-state index in [9.17, 15) is 18.0 Å². The molecule has 0 heterocycles. The minimum Gasteiger partial charge on any atom is -0.351 e. The summed E-state index contributed by atoms with van der Waals surface area (Å²) in [7, 11) is 0. The molecule has 1 aromatic rings. The molecular weight excluding hydrogens is 317 g/mol. The SMILES string of the molecule is Cl.NCC1(C(=O)NCc2ccccc2C(F)(F)F)CCCC1. The Balaban J connectivity index is 0.00000242. The maximum Gasteiger partial charge on any atom is 0.416 e. The number of carbonyl (C=O) groups is 1. The molecule has 1 fully saturated rings. The molecule has 0 aromatic heterocycles. The first kappa shape index (κ1) is 18.8. The van der Waals surface area contributed by atoms with Crippen molar-refractivity contribution in [3.8, 4) is 0 Å². The lowest BCUT2D eigenvalue weighted by molar-refractivity contribution is -0.139. The van der Waals surface area contributed by atoms with Crippen LogP contribution in [0, 0.1) is 5.41 Å². The summed E-state index contributed by atoms with van der Waals surface area (Å²) in [4.78, 5) is 12.3. The van der Waals surface area contributed by atoms with Gasteiger partial charge in [0.2, 0.25) is 5.91 Å². The molecule has 0 spiro atoms. The van der Waals surface area contributed by atoms with E-state index in [0.717, 1.165) is 18.9 Å². The van der Waals surface area contributed by atoms with E-state index in [0.29, 0.717) is 12.8 Å². The van der Waals surface area contributed by atoms with Crippen molar-refractivity contribution in [1.29, 1.82) is 0 Å². The smallest absolute Gasteiger partial charge is 0.351 e. The molecule has 3 nitrogen and oxygen atoms in total. The molecule has 0 atom stereocenters. The Morgan fingerprint density at radius 3 is 2.36 bits per heavy atom. The van der Waals surface area contributed by atoms with Crippen LogP contribution < -0.4 is 11.1 Å². The van der Waals surface area contributed by atoms with E-state index in [4.69, 9.17) is 5.73 Å². The highest BCUT2D eigenvalue weighted by molar-refractivity contribution is 5.85. The third-order valence-electron chi connectivity index (χ3n) is 4.20. The van der Waals surface area contributed by atoms with Crippen molar-refractivity contribution in [2.24, 2.45) is 11.1 Å². The summed E-state index contributed by atoms with van der Waals surface area (Å²) < 4.78 is 38.6. The van der Waals surface area contributed by atoms with Gasteiger partial charge in [-0.15, -0.1) is 12.4 Å². The van der Waals surface area contributed by atoms with Crippen LogP contribution in [0.4, 0.5) is 13.2 Å². The first-order valence-electron chi connectivity index (χ1n) is 7.02. The Kier molecular flexibility index (Phi) is 6.26. The van der Waals surface area contributed by atoms with E-state index < -0.39 is 17.2 Å². The Hall–Kier alpha value is -1.27. The highest BCUT2D eigenvalue weighted by atomic mass is 35.5. The van der Waals surface area contributed by atoms with Crippen molar-refractivity contribution in [2.45, 2.75) is 38.4 Å². The second kappa shape index (κ2) is 7.33. The number of halogens is 4. The molecule has 3 N–H and O–H groups in total. The number of benzene rings is 1. The normalized spacial score (nSPS) is 16.9. The molecule has 0 radical (unpaired) electrons. The molecule has 7 heteroatoms. The lowest BCUT2D eigenvalue weighted by Crippen LogP contribution is -2.44. The average molecular weight is 337 g/mol. The van der Waals surface area contributed by atoms with Gasteiger partial charge in [0.05, 0.1) is 11.0 Å². The van der Waals surface area contributed by atoms with Crippen LogP contribution in [-0.4, -0.2) is 12.5 Å². The topological polar surface area (TPSA) is 55.1 Å². The Morgan fingerprint density at radius 2 is 1.82 bits per heavy atom. The number of nitrogens with two attached hydrogens (primary N) is 1. The highest BCUT2D eigenvalue weighted by Gasteiger charge is 2.40. The molecule has 0 unspecified atom stereocenters. The van der Waals surface area contributed by atoms with Crippen LogP contribution in [0.3, 0.4) is 0 Å². The molecule has 0 bridgehead atoms. The molecule has 22 heavy (non-hydrogen) atoms. The van der Waals surface area contributed by atoms with Gasteiger partial charge in [-0.2, -0.15) is 13.2 Å². The molecule has 2 rings (SSSR count). The monoisotopic (exact) mass is 336 g/mol. The Bertz CT molecular complexity index is 514. The summed E-state index contributed by atoms with van der Waals surface area (Å²) >= 11 is 0. The van der Waals surface area contributed by atoms with Crippen LogP contribution in [0.5, 0.6) is 0 Å². The van der Waals surface area contributed by atoms with Gasteiger partial charge in [-0.1, -0.05) is 31.0 Å². The van der Waals surface area contributed by atoms with Crippen LogP contribution in [0.2, 0.25) is 0 Å². The van der Waals surface area contributed by atoms with Crippen molar-refractivity contribution in [3.05, 3.63) is 35.4 Å². The number of alkyl halides is 3. The van der Waals surface area contributed by atoms with E-state index in [1.807, 2.05) is 0 Å². The maximum absolute atomic E-state index is 12.9. The summed E-state index contributed by atoms with van der Waals surface area (Å²) in [6.45, 7) is 0.107. The lowest BCUT2D eigenvalue weighted by atomic mass is 9.85. The van der Waals surface area contributed by atoms with Crippen molar-refractivity contribution in [3.63, 3.8) is 0 Å². The molecular formula is C15H20ClF3N2O. The summed E-state index contributed by atoms with van der Waals surface area (Å²) in [5.74, 6) is -0.237. The van der Waals surface area contributed by atoms with Crippen molar-refractivity contribution in [1.82, 2.24) is 5.32 Å². The second-order valence-electron chi connectivity index (χ2n) is 5.53. The van der Waals surface area contributed by atoms with Gasteiger partial charge < -0.3 is 11.1 Å². The molecule has 0 saturated heterocycles. The van der Waals surface area contributed by atoms with E-state index in [-0.39, 0.29) is 37.0 Å². The zero-order valence-corrected chi connectivity index (χ0v) is 12.9. The molecule has 1 aliphatic rings. The van der Waals surface area contributed by atoms with Gasteiger partial charge in [-0.25, -0.2) is 0 Å². The minimum absolute atomic E-state index is 0. The Morgan fingerprint density at radius 1 is 1.23 bits per heavy atom. The molecule has 1 aromatic carbocycles. The van der Waals surface area contributed by atoms with Crippen LogP contribution in [0.1, 0.15) is 36.8 Å². The minimum atomic E-state index is -4.42. The second-order valence-corrected chi connectivity index (χ2v) is 5.53. The van der Waals surface area contributed by atoms with Crippen molar-refractivity contribution < 1.29 is 18.0 Å². The molecule has 0 aliphatic heterocycles. The largest absolute Gasteiger partial charge is 0.416 e. The highest BCUT2D eigenvalue weighted by Crippen LogP contribution is 2.37. The third-order valence-corrected chi connectivity index (χ3v) is 4.20. The number of nitrogens with one attached hydrogen (secondary N) is 1. The summed E-state index contributed by atoms with van der Waals surface area (Å²) in [6.07, 6.45) is -1.14. The number of rotatable bonds is 4. The van der Waals surface area contributed by atoms with Gasteiger partial charge in [-0.3, -0.25) is 4.79 Å². The quantitative estimate of drug-likeness (QED) is 0.886. The number of amides is 1. The van der Waals surface area contributed by atoms with E-state index >= 15 is 0 Å². The van der Waals surface area contributed by atoms with Gasteiger partial charge in [0, 0.05) is 13.1 Å². The van der Waals surface area contributed by atoms with Gasteiger partial charge in [0.15, 0.2) is 0 Å². The molecule has 1 amide bonds. The van der Waals surface area contributed by atoms with Crippen molar-refractivity contribution >= 4 is 18.3 Å². The average Bonchev–Trinajstić information content (AvgIpc) is 2.94. The zero-order valence-electron chi connectivity index (χ0n) is 12.1. The number of hydrogen-bond acceptors (Lipinski definition) is 2. The third kappa shape index (κ3) is 3.93. The Labute approximate surface area is 133 Å². The first-order valence-corrected chi connectivity index (χ1v) is 7.02. The fourth-order valence-electron chi connectivity index (χ4n) is 2.89. The first-order chi connectivity index (χ1) is 9.89. The summed E-state index contributed by atoms with van der Waals surface area (Å²) in [5.41, 5.74) is 4.46. The van der Waals surface area contributed by atoms with Gasteiger partial charge in [0.1, 0.15) is 0 Å². The standard InChI is InChI=1S/C15H19F3N2O.ClH/c16-15(17,18)12-6-2-1-5-11(12)9-20-13(21)14(10-19)7-3-4-8-14;/h1-2,5-6H,3-4,7-10,19H2,(H,20,21);1H. The summed E-state index contributed by atoms with van der Waals surface area (Å²) in [5, 5.41) is 2.63. The van der Waals surface area contributed by atoms with Crippen molar-refractivity contribution in [2.75, 3.05) is 6.54 Å². The number of hydrogen-bond donors (Lipinski definition) is 2. The summed E-state index contributed by atoms with van der Waals surface area (Å²) in [6, 6.07) is 5.28. The lowest BCUT2D eigenvalue weighted by Gasteiger charge is -2.26. The predicted octanol–water partition coefficient (Wildman–Crippen LogP) is 3.26. The maximum atomic E-state index is 12.9. The fourth-order valence-corrected chi connectivity index (χ4v) is 2.89. The van der Waals surface area contributed by atoms with Crippen LogP contribution >= 0.6 is 12.4 Å². The van der Waals surface area contributed by atoms with E-state index in [1.165, 1.54) is 18.2 Å². The van der Waals surface area contributed by atoms with E-state index in [2.05, 4.69) is 5.32 Å². The molecule has 124 valence electrons. The molecule has 1 saturated carbocycles. The van der Waals surface area contributed by atoms with Crippen LogP contribution in [0.15, 0.2) is 24.3 Å². The zero-order chi connectivity index (χ0) is 15.5.